The summed E-state index contributed by atoms with van der Waals surface area (Å²) in [4.78, 5) is 64.3. The monoisotopic (exact) mass is 597 g/mol. The number of amides is 3. The van der Waals surface area contributed by atoms with Gasteiger partial charge in [-0.25, -0.2) is 4.79 Å². The van der Waals surface area contributed by atoms with Crippen molar-refractivity contribution < 1.29 is 33.8 Å². The number of thiophene rings is 1. The number of nitrogens with one attached hydrogen (secondary N) is 2. The fourth-order valence-electron chi connectivity index (χ4n) is 5.13. The van der Waals surface area contributed by atoms with Crippen molar-refractivity contribution in [2.75, 3.05) is 18.5 Å². The van der Waals surface area contributed by atoms with Gasteiger partial charge in [-0.15, -0.1) is 0 Å². The third kappa shape index (κ3) is 9.09. The number of carbonyl (C=O) groups is 5. The molecule has 1 aromatic heterocycles. The molecule has 1 aromatic carbocycles. The normalized spacial score (nSPS) is 15.0. The van der Waals surface area contributed by atoms with Gasteiger partial charge in [-0.1, -0.05) is 31.2 Å². The Morgan fingerprint density at radius 1 is 1.07 bits per heavy atom. The molecule has 10 nitrogen and oxygen atoms in total. The number of esters is 1. The predicted molar refractivity (Wildman–Crippen MR) is 160 cm³/mol. The average molecular weight is 598 g/mol. The van der Waals surface area contributed by atoms with Crippen LogP contribution in [0.2, 0.25) is 0 Å². The molecule has 1 saturated carbocycles. The van der Waals surface area contributed by atoms with Gasteiger partial charge < -0.3 is 26.2 Å². The molecule has 226 valence electrons. The van der Waals surface area contributed by atoms with E-state index >= 15 is 0 Å². The first-order chi connectivity index (χ1) is 20.2. The maximum atomic E-state index is 13.8. The minimum Gasteiger partial charge on any atom is -0.461 e. The third-order valence-electron chi connectivity index (χ3n) is 7.73. The number of ether oxygens (including phenoxy) is 1. The lowest BCUT2D eigenvalue weighted by atomic mass is 9.60. The fraction of sp³-hybridized carbons (Fsp3) is 0.452. The molecule has 0 aliphatic heterocycles. The molecule has 0 unspecified atom stereocenters. The van der Waals surface area contributed by atoms with Gasteiger partial charge in [-0.05, 0) is 65.8 Å². The first kappa shape index (κ1) is 32.7. The topological polar surface area (TPSA) is 165 Å². The maximum absolute atomic E-state index is 13.8. The van der Waals surface area contributed by atoms with E-state index in [-0.39, 0.29) is 56.5 Å². The number of primary amides is 1. The van der Waals surface area contributed by atoms with Crippen molar-refractivity contribution in [2.45, 2.75) is 63.9 Å². The van der Waals surface area contributed by atoms with Crippen LogP contribution in [0.5, 0.6) is 0 Å². The van der Waals surface area contributed by atoms with E-state index in [2.05, 4.69) is 17.2 Å². The van der Waals surface area contributed by atoms with Crippen LogP contribution in [-0.4, -0.2) is 47.7 Å². The molecule has 2 aromatic rings. The summed E-state index contributed by atoms with van der Waals surface area (Å²) in [5, 5.41) is 18.4. The Hall–Kier alpha value is -3.83. The molecular weight excluding hydrogens is 558 g/mol. The minimum atomic E-state index is -1.19. The van der Waals surface area contributed by atoms with E-state index in [0.717, 1.165) is 12.0 Å². The van der Waals surface area contributed by atoms with Crippen LogP contribution in [0.25, 0.3) is 0 Å². The number of hydrogen-bond donors (Lipinski definition) is 4. The van der Waals surface area contributed by atoms with E-state index in [1.807, 2.05) is 16.8 Å². The number of Topliss-reactive ketones (excluding diaryl/α,β-unsaturated/α-hetero) is 2. The number of hydrogen-bond acceptors (Lipinski definition) is 8. The predicted octanol–water partition coefficient (Wildman–Crippen LogP) is 4.24. The second-order valence-electron chi connectivity index (χ2n) is 10.6. The molecular formula is C31H39N3O7S. The van der Waals surface area contributed by atoms with E-state index < -0.39 is 29.3 Å². The maximum Gasteiger partial charge on any atom is 0.312 e. The molecule has 1 heterocycles. The summed E-state index contributed by atoms with van der Waals surface area (Å²) in [5.74, 6) is -2.48. The Morgan fingerprint density at radius 2 is 1.79 bits per heavy atom. The smallest absolute Gasteiger partial charge is 0.312 e. The molecule has 2 atom stereocenters. The van der Waals surface area contributed by atoms with Gasteiger partial charge in [0.2, 0.25) is 5.91 Å². The highest BCUT2D eigenvalue weighted by molar-refractivity contribution is 7.08. The fourth-order valence-corrected chi connectivity index (χ4v) is 5.88. The molecule has 11 heteroatoms. The summed E-state index contributed by atoms with van der Waals surface area (Å²) in [5.41, 5.74) is 6.01. The number of rotatable bonds is 18. The number of aliphatic hydroxyl groups excluding tert-OH is 1. The molecule has 0 bridgehead atoms. The third-order valence-corrected chi connectivity index (χ3v) is 8.43. The van der Waals surface area contributed by atoms with Gasteiger partial charge in [0.05, 0.1) is 18.4 Å². The highest BCUT2D eigenvalue weighted by Gasteiger charge is 2.50. The van der Waals surface area contributed by atoms with E-state index in [9.17, 15) is 29.1 Å². The Bertz CT molecular complexity index is 1240. The van der Waals surface area contributed by atoms with Crippen molar-refractivity contribution in [3.05, 3.63) is 64.9 Å². The van der Waals surface area contributed by atoms with Crippen LogP contribution in [0.1, 0.15) is 68.4 Å². The molecule has 1 fully saturated rings. The van der Waals surface area contributed by atoms with Crippen LogP contribution in [0.3, 0.4) is 0 Å². The Morgan fingerprint density at radius 3 is 2.36 bits per heavy atom. The number of carbonyl (C=O) groups excluding carboxylic acids is 5. The van der Waals surface area contributed by atoms with Gasteiger partial charge in [0, 0.05) is 36.9 Å². The van der Waals surface area contributed by atoms with Crippen molar-refractivity contribution in [1.29, 1.82) is 0 Å². The highest BCUT2D eigenvalue weighted by atomic mass is 32.1. The number of urea groups is 1. The Labute approximate surface area is 249 Å². The summed E-state index contributed by atoms with van der Waals surface area (Å²) in [7, 11) is 0. The molecule has 0 radical (unpaired) electrons. The first-order valence-corrected chi connectivity index (χ1v) is 15.0. The summed E-state index contributed by atoms with van der Waals surface area (Å²) in [6.45, 7) is 3.74. The van der Waals surface area contributed by atoms with Gasteiger partial charge in [-0.3, -0.25) is 19.2 Å². The zero-order valence-corrected chi connectivity index (χ0v) is 24.5. The molecule has 1 aliphatic carbocycles. The minimum absolute atomic E-state index is 0.00749. The van der Waals surface area contributed by atoms with E-state index in [0.29, 0.717) is 36.9 Å². The molecule has 3 rings (SSSR count). The number of nitrogens with two attached hydrogens (primary N) is 1. The van der Waals surface area contributed by atoms with E-state index in [1.165, 1.54) is 17.4 Å². The van der Waals surface area contributed by atoms with Gasteiger partial charge in [0.15, 0.2) is 0 Å². The van der Waals surface area contributed by atoms with Gasteiger partial charge in [0.1, 0.15) is 18.2 Å². The van der Waals surface area contributed by atoms with Crippen LogP contribution in [0.15, 0.2) is 53.7 Å². The van der Waals surface area contributed by atoms with Crippen LogP contribution in [0.4, 0.5) is 10.5 Å². The van der Waals surface area contributed by atoms with Crippen molar-refractivity contribution >= 4 is 46.5 Å². The number of benzene rings is 1. The quantitative estimate of drug-likeness (QED) is 0.0864. The number of aliphatic hydroxyl groups is 1. The Balaban J connectivity index is 1.73. The molecule has 0 saturated heterocycles. The molecule has 3 amide bonds. The van der Waals surface area contributed by atoms with Crippen molar-refractivity contribution in [1.82, 2.24) is 5.32 Å². The van der Waals surface area contributed by atoms with Crippen molar-refractivity contribution in [2.24, 2.45) is 17.1 Å². The standard InChI is InChI=1S/C31H39N3O7S/c1-2-14-41-28(38)18-24(23-10-15-42-20-23)17-27(37)31(11-4-12-31)26(36)16-22(5-3-13-33-30(32)40)29(39)34-25-8-6-21(19-35)7-9-25/h2,6-10,15,20,22,24,35H,1,3-5,11-14,16-19H2,(H,34,39)(H3,32,33,40)/t22-,24-/m1/s1. The lowest BCUT2D eigenvalue weighted by Crippen LogP contribution is -2.47. The molecule has 42 heavy (non-hydrogen) atoms. The summed E-state index contributed by atoms with van der Waals surface area (Å²) >= 11 is 1.46. The largest absolute Gasteiger partial charge is 0.461 e. The number of ketones is 2. The summed E-state index contributed by atoms with van der Waals surface area (Å²) in [6.07, 6.45) is 3.60. The molecule has 0 spiro atoms. The van der Waals surface area contributed by atoms with Crippen LogP contribution < -0.4 is 16.4 Å². The van der Waals surface area contributed by atoms with Crippen molar-refractivity contribution in [3.63, 3.8) is 0 Å². The Kier molecular flexibility index (Phi) is 12.4. The zero-order valence-electron chi connectivity index (χ0n) is 23.6. The highest BCUT2D eigenvalue weighted by Crippen LogP contribution is 2.46. The second kappa shape index (κ2) is 16.0. The molecule has 1 aliphatic rings. The lowest BCUT2D eigenvalue weighted by Gasteiger charge is -2.40. The SMILES string of the molecule is C=CCOC(=O)C[C@@H](CC(=O)C1(C(=O)C[C@@H](CCCNC(N)=O)C(=O)Nc2ccc(CO)cc2)CCC1)c1ccsc1. The summed E-state index contributed by atoms with van der Waals surface area (Å²) < 4.78 is 5.15. The molecule has 5 N–H and O–H groups in total. The van der Waals surface area contributed by atoms with Gasteiger partial charge in [-0.2, -0.15) is 11.3 Å². The first-order valence-electron chi connectivity index (χ1n) is 14.1. The summed E-state index contributed by atoms with van der Waals surface area (Å²) in [6, 6.07) is 7.89. The van der Waals surface area contributed by atoms with E-state index in [1.54, 1.807) is 24.3 Å². The van der Waals surface area contributed by atoms with E-state index in [4.69, 9.17) is 10.5 Å². The van der Waals surface area contributed by atoms with Gasteiger partial charge >= 0.3 is 12.0 Å². The average Bonchev–Trinajstić information content (AvgIpc) is 3.48. The lowest BCUT2D eigenvalue weighted by molar-refractivity contribution is -0.148. The zero-order chi connectivity index (χ0) is 30.5. The van der Waals surface area contributed by atoms with Crippen LogP contribution in [-0.2, 0) is 30.5 Å². The van der Waals surface area contributed by atoms with Crippen molar-refractivity contribution in [3.8, 4) is 0 Å². The van der Waals surface area contributed by atoms with Crippen LogP contribution >= 0.6 is 11.3 Å². The van der Waals surface area contributed by atoms with Gasteiger partial charge in [0.25, 0.3) is 0 Å². The number of anilines is 1. The second-order valence-corrected chi connectivity index (χ2v) is 11.4. The van der Waals surface area contributed by atoms with Crippen LogP contribution in [0, 0.1) is 11.3 Å².